The van der Waals surface area contributed by atoms with Crippen LogP contribution in [0.15, 0.2) is 46.2 Å². The Morgan fingerprint density at radius 1 is 0.737 bits per heavy atom. The van der Waals surface area contributed by atoms with E-state index >= 15 is 0 Å². The summed E-state index contributed by atoms with van der Waals surface area (Å²) in [5, 5.41) is -0.595. The molecule has 0 spiro atoms. The molecule has 0 unspecified atom stereocenters. The molecule has 0 aromatic heterocycles. The number of sulfonamides is 1. The van der Waals surface area contributed by atoms with Gasteiger partial charge in [-0.3, -0.25) is 9.44 Å². The zero-order valence-electron chi connectivity index (χ0n) is 20.8. The van der Waals surface area contributed by atoms with Crippen molar-refractivity contribution in [3.05, 3.63) is 47.5 Å². The fourth-order valence-electron chi connectivity index (χ4n) is 2.95. The van der Waals surface area contributed by atoms with Crippen LogP contribution in [0.25, 0.3) is 12.2 Å². The molecule has 0 radical (unpaired) electrons. The van der Waals surface area contributed by atoms with Crippen LogP contribution in [0.4, 0.5) is 11.4 Å². The second kappa shape index (κ2) is 13.0. The first kappa shape index (κ1) is 35.5. The van der Waals surface area contributed by atoms with E-state index in [-0.39, 0.29) is 81.6 Å². The van der Waals surface area contributed by atoms with Crippen LogP contribution in [0.5, 0.6) is 0 Å². The largest absolute Gasteiger partial charge is 1.00 e. The minimum absolute atomic E-state index is 0. The fraction of sp³-hybridized carbons (Fsp3) is 0.263. The van der Waals surface area contributed by atoms with Gasteiger partial charge in [0.15, 0.2) is 0 Å². The third-order valence-corrected chi connectivity index (χ3v) is 10.1. The summed E-state index contributed by atoms with van der Waals surface area (Å²) >= 11 is 0. The molecule has 2 aromatic carbocycles. The maximum Gasteiger partial charge on any atom is 1.00 e. The molecule has 1 aliphatic rings. The first-order valence-corrected chi connectivity index (χ1v) is 15.8. The van der Waals surface area contributed by atoms with Gasteiger partial charge in [-0.2, -0.15) is 12.7 Å². The molecule has 0 bridgehead atoms. The van der Waals surface area contributed by atoms with Crippen LogP contribution in [-0.4, -0.2) is 66.4 Å². The van der Waals surface area contributed by atoms with Crippen molar-refractivity contribution in [2.45, 2.75) is 27.9 Å². The molecule has 1 aliphatic carbocycles. The van der Waals surface area contributed by atoms with Gasteiger partial charge in [0.1, 0.15) is 20.2 Å². The quantitative estimate of drug-likeness (QED) is 0.146. The van der Waals surface area contributed by atoms with Crippen molar-refractivity contribution in [1.82, 2.24) is 4.31 Å². The third-order valence-electron chi connectivity index (χ3n) is 4.96. The number of benzene rings is 2. The first-order valence-electron chi connectivity index (χ1n) is 10.00. The molecule has 13 nitrogen and oxygen atoms in total. The van der Waals surface area contributed by atoms with Gasteiger partial charge in [0.05, 0.1) is 20.7 Å². The molecular weight excluding hydrogens is 604 g/mol. The molecule has 2 N–H and O–H groups in total. The van der Waals surface area contributed by atoms with Gasteiger partial charge in [0.2, 0.25) is 10.0 Å². The number of rotatable bonds is 10. The molecular formula is C19H21N3Na2O10S4. The third kappa shape index (κ3) is 9.25. The average molecular weight is 626 g/mol. The molecule has 1 fully saturated rings. The predicted octanol–water partition coefficient (Wildman–Crippen LogP) is -5.20. The second-order valence-corrected chi connectivity index (χ2v) is 14.5. The Bertz CT molecular complexity index is 1540. The monoisotopic (exact) mass is 625 g/mol. The molecule has 198 valence electrons. The van der Waals surface area contributed by atoms with Gasteiger partial charge in [-0.05, 0) is 48.2 Å². The van der Waals surface area contributed by atoms with Crippen molar-refractivity contribution in [3.63, 3.8) is 0 Å². The Labute approximate surface area is 266 Å². The Kier molecular flexibility index (Phi) is 12.1. The molecule has 0 heterocycles. The molecule has 1 saturated carbocycles. The van der Waals surface area contributed by atoms with Gasteiger partial charge in [0, 0.05) is 19.8 Å². The Morgan fingerprint density at radius 3 is 1.47 bits per heavy atom. The van der Waals surface area contributed by atoms with E-state index in [0.717, 1.165) is 40.7 Å². The van der Waals surface area contributed by atoms with Crippen molar-refractivity contribution in [1.29, 1.82) is 0 Å². The van der Waals surface area contributed by atoms with E-state index in [1.54, 1.807) is 0 Å². The standard InChI is InChI=1S/C19H23N3O10S4.2Na/c1-22(2)36(31,32)21-16-8-6-14(19(12-16)35(28,29)30)4-3-13-5-7-15(11-18(13)34(25,26)27)20-33(23,24)17-9-10-17;;/h3-8,11-12,17,20-21H,9-10H2,1-2H3,(H,25,26,27)(H,28,29,30);;/q;2*+1/p-2. The maximum absolute atomic E-state index is 12.1. The fourth-order valence-corrected chi connectivity index (χ4v) is 6.33. The summed E-state index contributed by atoms with van der Waals surface area (Å²) in [4.78, 5) is -1.59. The van der Waals surface area contributed by atoms with E-state index in [9.17, 15) is 42.8 Å². The summed E-state index contributed by atoms with van der Waals surface area (Å²) in [5.74, 6) is 0. The number of anilines is 2. The van der Waals surface area contributed by atoms with Gasteiger partial charge in [-0.25, -0.2) is 25.3 Å². The van der Waals surface area contributed by atoms with Crippen molar-refractivity contribution in [2.24, 2.45) is 0 Å². The second-order valence-electron chi connectivity index (χ2n) is 7.98. The first-order chi connectivity index (χ1) is 16.4. The molecule has 0 atom stereocenters. The van der Waals surface area contributed by atoms with Crippen LogP contribution < -0.4 is 68.6 Å². The minimum atomic E-state index is -5.11. The van der Waals surface area contributed by atoms with Crippen LogP contribution in [0.2, 0.25) is 0 Å². The Balaban J connectivity index is 0.00000361. The number of nitrogens with zero attached hydrogens (tertiary/aromatic N) is 1. The van der Waals surface area contributed by atoms with Crippen molar-refractivity contribution < 1.29 is 102 Å². The molecule has 19 heteroatoms. The van der Waals surface area contributed by atoms with Gasteiger partial charge in [0.25, 0.3) is 0 Å². The summed E-state index contributed by atoms with van der Waals surface area (Å²) in [5.41, 5.74) is -0.782. The molecule has 38 heavy (non-hydrogen) atoms. The molecule has 3 rings (SSSR count). The van der Waals surface area contributed by atoms with Crippen LogP contribution in [-0.2, 0) is 40.5 Å². The van der Waals surface area contributed by atoms with Crippen LogP contribution in [0.1, 0.15) is 24.0 Å². The molecule has 2 aromatic rings. The summed E-state index contributed by atoms with van der Waals surface area (Å²) in [7, 11) is -15.5. The summed E-state index contributed by atoms with van der Waals surface area (Å²) in [6, 6.07) is 6.28. The van der Waals surface area contributed by atoms with E-state index in [2.05, 4.69) is 9.44 Å². The van der Waals surface area contributed by atoms with Gasteiger partial charge in [-0.1, -0.05) is 24.3 Å². The van der Waals surface area contributed by atoms with Crippen molar-refractivity contribution in [2.75, 3.05) is 23.5 Å². The van der Waals surface area contributed by atoms with E-state index in [4.69, 9.17) is 0 Å². The number of hydrogen-bond acceptors (Lipinski definition) is 10. The molecule has 0 amide bonds. The van der Waals surface area contributed by atoms with Gasteiger partial charge >= 0.3 is 69.3 Å². The van der Waals surface area contributed by atoms with E-state index < -0.39 is 55.5 Å². The normalized spacial score (nSPS) is 14.6. The topological polar surface area (TPSA) is 210 Å². The smallest absolute Gasteiger partial charge is 0.744 e. The van der Waals surface area contributed by atoms with Gasteiger partial charge < -0.3 is 9.11 Å². The molecule has 0 aliphatic heterocycles. The van der Waals surface area contributed by atoms with E-state index in [1.807, 2.05) is 0 Å². The van der Waals surface area contributed by atoms with Gasteiger partial charge in [-0.15, -0.1) is 0 Å². The SMILES string of the molecule is CN(C)S(=O)(=O)Nc1ccc(C=Cc2ccc(NS(=O)(=O)C3CC3)cc2S(=O)(=O)[O-])c(S(=O)(=O)[O-])c1.[Na+].[Na+]. The summed E-state index contributed by atoms with van der Waals surface area (Å²) in [6.45, 7) is 0. The summed E-state index contributed by atoms with van der Waals surface area (Å²) < 4.78 is 124. The number of nitrogens with one attached hydrogen (secondary N) is 2. The van der Waals surface area contributed by atoms with Crippen molar-refractivity contribution in [3.8, 4) is 0 Å². The van der Waals surface area contributed by atoms with Crippen molar-refractivity contribution >= 4 is 64.0 Å². The predicted molar refractivity (Wildman–Crippen MR) is 130 cm³/mol. The van der Waals surface area contributed by atoms with Crippen LogP contribution in [0.3, 0.4) is 0 Å². The minimum Gasteiger partial charge on any atom is -0.744 e. The Morgan fingerprint density at radius 2 is 1.13 bits per heavy atom. The maximum atomic E-state index is 12.1. The summed E-state index contributed by atoms with van der Waals surface area (Å²) in [6.07, 6.45) is 3.02. The zero-order chi connectivity index (χ0) is 27.1. The Hall–Kier alpha value is -0.540. The zero-order valence-corrected chi connectivity index (χ0v) is 28.0. The molecule has 0 saturated heterocycles. The van der Waals surface area contributed by atoms with E-state index in [1.165, 1.54) is 26.2 Å². The van der Waals surface area contributed by atoms with E-state index in [0.29, 0.717) is 12.8 Å². The number of hydrogen-bond donors (Lipinski definition) is 2. The van der Waals surface area contributed by atoms with Crippen LogP contribution in [0, 0.1) is 0 Å². The average Bonchev–Trinajstić information content (AvgIpc) is 3.57. The van der Waals surface area contributed by atoms with Crippen LogP contribution >= 0.6 is 0 Å².